The van der Waals surface area contributed by atoms with Gasteiger partial charge in [0.15, 0.2) is 0 Å². The average molecular weight is 328 g/mol. The monoisotopic (exact) mass is 328 g/mol. The molecule has 1 atom stereocenters. The van der Waals surface area contributed by atoms with E-state index in [1.165, 1.54) is 16.9 Å². The fourth-order valence-corrected chi connectivity index (χ4v) is 4.05. The normalized spacial score (nSPS) is 18.5. The molecule has 2 heterocycles. The highest BCUT2D eigenvalue weighted by Crippen LogP contribution is 2.34. The number of anilines is 1. The molecule has 1 saturated heterocycles. The standard InChI is InChI=1S/C19H24N2OS/c1-14(2)15-7-9-16(10-8-15)20-19(22)13-21-11-3-5-17(21)18-6-4-12-23-18/h4,6-10,12,14,17H,3,5,11,13H2,1-2H3,(H,20,22)/t17-/m1/s1. The Balaban J connectivity index is 1.58. The lowest BCUT2D eigenvalue weighted by atomic mass is 10.0. The molecule has 3 rings (SSSR count). The van der Waals surface area contributed by atoms with Gasteiger partial charge >= 0.3 is 0 Å². The number of carbonyl (C=O) groups excluding carboxylic acids is 1. The first-order valence-corrected chi connectivity index (χ1v) is 9.18. The minimum Gasteiger partial charge on any atom is -0.325 e. The van der Waals surface area contributed by atoms with Crippen LogP contribution in [0.2, 0.25) is 0 Å². The van der Waals surface area contributed by atoms with Crippen molar-refractivity contribution in [3.8, 4) is 0 Å². The smallest absolute Gasteiger partial charge is 0.238 e. The van der Waals surface area contributed by atoms with Crippen LogP contribution in [0, 0.1) is 0 Å². The van der Waals surface area contributed by atoms with E-state index in [1.807, 2.05) is 12.1 Å². The maximum atomic E-state index is 12.4. The summed E-state index contributed by atoms with van der Waals surface area (Å²) in [6, 6.07) is 12.8. The van der Waals surface area contributed by atoms with Crippen LogP contribution in [0.1, 0.15) is 49.1 Å². The number of carbonyl (C=O) groups is 1. The fourth-order valence-electron chi connectivity index (χ4n) is 3.15. The Morgan fingerprint density at radius 2 is 2.09 bits per heavy atom. The van der Waals surface area contributed by atoms with E-state index in [9.17, 15) is 4.79 Å². The number of nitrogens with zero attached hydrogens (tertiary/aromatic N) is 1. The van der Waals surface area contributed by atoms with E-state index in [1.54, 1.807) is 11.3 Å². The molecule has 1 N–H and O–H groups in total. The second-order valence-electron chi connectivity index (χ2n) is 6.47. The van der Waals surface area contributed by atoms with E-state index < -0.39 is 0 Å². The zero-order chi connectivity index (χ0) is 16.2. The molecule has 122 valence electrons. The summed E-state index contributed by atoms with van der Waals surface area (Å²) in [6.45, 7) is 5.81. The van der Waals surface area contributed by atoms with Crippen LogP contribution >= 0.6 is 11.3 Å². The van der Waals surface area contributed by atoms with Crippen LogP contribution in [-0.4, -0.2) is 23.9 Å². The van der Waals surface area contributed by atoms with Crippen LogP contribution in [0.3, 0.4) is 0 Å². The molecule has 1 aliphatic heterocycles. The lowest BCUT2D eigenvalue weighted by molar-refractivity contribution is -0.117. The number of nitrogens with one attached hydrogen (secondary N) is 1. The van der Waals surface area contributed by atoms with Crippen molar-refractivity contribution in [3.05, 3.63) is 52.2 Å². The van der Waals surface area contributed by atoms with Gasteiger partial charge in [-0.3, -0.25) is 9.69 Å². The fraction of sp³-hybridized carbons (Fsp3) is 0.421. The van der Waals surface area contributed by atoms with Gasteiger partial charge in [0, 0.05) is 16.6 Å². The van der Waals surface area contributed by atoms with Crippen LogP contribution < -0.4 is 5.32 Å². The Morgan fingerprint density at radius 1 is 1.30 bits per heavy atom. The summed E-state index contributed by atoms with van der Waals surface area (Å²) in [4.78, 5) is 16.0. The van der Waals surface area contributed by atoms with Crippen LogP contribution in [0.25, 0.3) is 0 Å². The van der Waals surface area contributed by atoms with Crippen molar-refractivity contribution in [2.45, 2.75) is 38.6 Å². The molecular weight excluding hydrogens is 304 g/mol. The molecule has 0 aliphatic carbocycles. The zero-order valence-electron chi connectivity index (χ0n) is 13.8. The summed E-state index contributed by atoms with van der Waals surface area (Å²) in [5.41, 5.74) is 2.17. The molecule has 2 aromatic rings. The van der Waals surface area contributed by atoms with Gasteiger partial charge in [-0.15, -0.1) is 11.3 Å². The Labute approximate surface area is 142 Å². The van der Waals surface area contributed by atoms with Gasteiger partial charge in [-0.25, -0.2) is 0 Å². The highest BCUT2D eigenvalue weighted by atomic mass is 32.1. The minimum absolute atomic E-state index is 0.0748. The third-order valence-corrected chi connectivity index (χ3v) is 5.42. The molecule has 0 spiro atoms. The molecular formula is C19H24N2OS. The minimum atomic E-state index is 0.0748. The van der Waals surface area contributed by atoms with E-state index in [4.69, 9.17) is 0 Å². The first-order valence-electron chi connectivity index (χ1n) is 8.31. The number of hydrogen-bond donors (Lipinski definition) is 1. The number of hydrogen-bond acceptors (Lipinski definition) is 3. The van der Waals surface area contributed by atoms with Crippen molar-refractivity contribution in [2.24, 2.45) is 0 Å². The second-order valence-corrected chi connectivity index (χ2v) is 7.45. The lowest BCUT2D eigenvalue weighted by Crippen LogP contribution is -2.32. The molecule has 0 radical (unpaired) electrons. The predicted molar refractivity (Wildman–Crippen MR) is 97.0 cm³/mol. The molecule has 1 aromatic heterocycles. The predicted octanol–water partition coefficient (Wildman–Crippen LogP) is 4.65. The van der Waals surface area contributed by atoms with Gasteiger partial charge in [0.2, 0.25) is 5.91 Å². The van der Waals surface area contributed by atoms with Gasteiger partial charge in [-0.05, 0) is 54.4 Å². The van der Waals surface area contributed by atoms with Crippen molar-refractivity contribution in [1.29, 1.82) is 0 Å². The van der Waals surface area contributed by atoms with Crippen molar-refractivity contribution >= 4 is 22.9 Å². The average Bonchev–Trinajstić information content (AvgIpc) is 3.18. The molecule has 1 aromatic carbocycles. The Bertz CT molecular complexity index is 634. The highest BCUT2D eigenvalue weighted by Gasteiger charge is 2.28. The van der Waals surface area contributed by atoms with E-state index in [2.05, 4.69) is 53.7 Å². The van der Waals surface area contributed by atoms with Gasteiger partial charge in [0.25, 0.3) is 0 Å². The molecule has 0 unspecified atom stereocenters. The first kappa shape index (κ1) is 16.2. The van der Waals surface area contributed by atoms with Crippen LogP contribution in [0.4, 0.5) is 5.69 Å². The quantitative estimate of drug-likeness (QED) is 0.866. The third kappa shape index (κ3) is 4.01. The van der Waals surface area contributed by atoms with E-state index in [-0.39, 0.29) is 5.91 Å². The molecule has 0 saturated carbocycles. The largest absolute Gasteiger partial charge is 0.325 e. The Kier molecular flexibility index (Phi) is 5.13. The molecule has 3 nitrogen and oxygen atoms in total. The maximum absolute atomic E-state index is 12.4. The topological polar surface area (TPSA) is 32.3 Å². The molecule has 1 aliphatic rings. The summed E-state index contributed by atoms with van der Waals surface area (Å²) in [5.74, 6) is 0.585. The van der Waals surface area contributed by atoms with Crippen molar-refractivity contribution < 1.29 is 4.79 Å². The summed E-state index contributed by atoms with van der Waals surface area (Å²) >= 11 is 1.79. The maximum Gasteiger partial charge on any atom is 0.238 e. The molecule has 23 heavy (non-hydrogen) atoms. The van der Waals surface area contributed by atoms with Gasteiger partial charge < -0.3 is 5.32 Å². The lowest BCUT2D eigenvalue weighted by Gasteiger charge is -2.22. The summed E-state index contributed by atoms with van der Waals surface area (Å²) in [6.07, 6.45) is 2.32. The van der Waals surface area contributed by atoms with Crippen molar-refractivity contribution in [2.75, 3.05) is 18.4 Å². The van der Waals surface area contributed by atoms with Gasteiger partial charge in [0.1, 0.15) is 0 Å². The van der Waals surface area contributed by atoms with Gasteiger partial charge in [-0.2, -0.15) is 0 Å². The van der Waals surface area contributed by atoms with Crippen LogP contribution in [0.15, 0.2) is 41.8 Å². The van der Waals surface area contributed by atoms with Gasteiger partial charge in [0.05, 0.1) is 6.54 Å². The summed E-state index contributed by atoms with van der Waals surface area (Å²) in [5, 5.41) is 5.14. The number of likely N-dealkylation sites (tertiary alicyclic amines) is 1. The van der Waals surface area contributed by atoms with Crippen LogP contribution in [0.5, 0.6) is 0 Å². The molecule has 1 fully saturated rings. The zero-order valence-corrected chi connectivity index (χ0v) is 14.6. The Hall–Kier alpha value is -1.65. The van der Waals surface area contributed by atoms with Gasteiger partial charge in [-0.1, -0.05) is 32.0 Å². The van der Waals surface area contributed by atoms with E-state index in [0.717, 1.165) is 18.7 Å². The van der Waals surface area contributed by atoms with Crippen molar-refractivity contribution in [3.63, 3.8) is 0 Å². The SMILES string of the molecule is CC(C)c1ccc(NC(=O)CN2CCC[C@@H]2c2cccs2)cc1. The Morgan fingerprint density at radius 3 is 2.74 bits per heavy atom. The molecule has 0 bridgehead atoms. The summed E-state index contributed by atoms with van der Waals surface area (Å²) < 4.78 is 0. The highest BCUT2D eigenvalue weighted by molar-refractivity contribution is 7.10. The molecule has 4 heteroatoms. The number of rotatable bonds is 5. The third-order valence-electron chi connectivity index (χ3n) is 4.44. The van der Waals surface area contributed by atoms with Crippen LogP contribution in [-0.2, 0) is 4.79 Å². The van der Waals surface area contributed by atoms with Crippen molar-refractivity contribution in [1.82, 2.24) is 4.90 Å². The second kappa shape index (κ2) is 7.28. The molecule has 1 amide bonds. The summed E-state index contributed by atoms with van der Waals surface area (Å²) in [7, 11) is 0. The number of amides is 1. The first-order chi connectivity index (χ1) is 11.1. The number of benzene rings is 1. The number of thiophene rings is 1. The van der Waals surface area contributed by atoms with E-state index >= 15 is 0 Å². The van der Waals surface area contributed by atoms with E-state index in [0.29, 0.717) is 18.5 Å².